The fraction of sp³-hybridized carbons (Fsp3) is 0.304. The van der Waals surface area contributed by atoms with Crippen molar-refractivity contribution in [1.82, 2.24) is 0 Å². The molecular formula is C23H19ClF2O6. The number of carbonyl (C=O) groups excluding carboxylic acids is 2. The number of ketones is 2. The number of benzene rings is 2. The summed E-state index contributed by atoms with van der Waals surface area (Å²) in [5.74, 6) is -2.16. The average molecular weight is 465 g/mol. The van der Waals surface area contributed by atoms with Crippen molar-refractivity contribution in [3.8, 4) is 17.2 Å². The first-order chi connectivity index (χ1) is 15.3. The van der Waals surface area contributed by atoms with E-state index in [2.05, 4.69) is 4.74 Å². The van der Waals surface area contributed by atoms with Gasteiger partial charge in [0.15, 0.2) is 17.3 Å². The second-order valence-electron chi connectivity index (χ2n) is 7.49. The van der Waals surface area contributed by atoms with Crippen LogP contribution in [0.2, 0.25) is 5.02 Å². The van der Waals surface area contributed by atoms with Crippen LogP contribution in [0.15, 0.2) is 48.2 Å². The van der Waals surface area contributed by atoms with Gasteiger partial charge in [0.2, 0.25) is 11.4 Å². The highest BCUT2D eigenvalue weighted by Crippen LogP contribution is 2.54. The molecule has 2 aromatic rings. The van der Waals surface area contributed by atoms with Crippen LogP contribution in [0.5, 0.6) is 17.2 Å². The zero-order chi connectivity index (χ0) is 23.0. The van der Waals surface area contributed by atoms with Crippen molar-refractivity contribution in [1.29, 1.82) is 0 Å². The number of fused-ring (bicyclic) bond motifs is 1. The molecule has 0 N–H and O–H groups in total. The summed E-state index contributed by atoms with van der Waals surface area (Å²) in [5, 5.41) is -0.0687. The topological polar surface area (TPSA) is 71.1 Å². The number of allylic oxidation sites excluding steroid dienone is 1. The molecule has 2 aliphatic rings. The van der Waals surface area contributed by atoms with Crippen molar-refractivity contribution in [3.63, 3.8) is 0 Å². The summed E-state index contributed by atoms with van der Waals surface area (Å²) >= 11 is 6.36. The molecule has 4 rings (SSSR count). The van der Waals surface area contributed by atoms with Crippen LogP contribution < -0.4 is 14.2 Å². The van der Waals surface area contributed by atoms with E-state index in [4.69, 9.17) is 25.8 Å². The molecule has 1 heterocycles. The van der Waals surface area contributed by atoms with Gasteiger partial charge in [-0.1, -0.05) is 48.9 Å². The molecule has 0 radical (unpaired) electrons. The van der Waals surface area contributed by atoms with Crippen molar-refractivity contribution in [3.05, 3.63) is 64.4 Å². The number of alkyl halides is 2. The maximum absolute atomic E-state index is 13.7. The van der Waals surface area contributed by atoms with E-state index in [0.717, 1.165) is 11.6 Å². The molecule has 0 saturated heterocycles. The number of Topliss-reactive ketones (excluding diaryl/α,β-unsaturated/α-hetero) is 1. The summed E-state index contributed by atoms with van der Waals surface area (Å²) in [6.07, 6.45) is 1.21. The van der Waals surface area contributed by atoms with Gasteiger partial charge in [-0.05, 0) is 5.56 Å². The van der Waals surface area contributed by atoms with Gasteiger partial charge in [0.1, 0.15) is 28.7 Å². The summed E-state index contributed by atoms with van der Waals surface area (Å²) in [4.78, 5) is 26.0. The first kappa shape index (κ1) is 22.1. The molecule has 0 saturated carbocycles. The van der Waals surface area contributed by atoms with Crippen LogP contribution >= 0.6 is 11.6 Å². The lowest BCUT2D eigenvalue weighted by Crippen LogP contribution is -2.51. The Balaban J connectivity index is 1.80. The number of rotatable bonds is 6. The first-order valence-electron chi connectivity index (χ1n) is 9.78. The van der Waals surface area contributed by atoms with Crippen LogP contribution in [-0.2, 0) is 16.1 Å². The summed E-state index contributed by atoms with van der Waals surface area (Å²) in [5.41, 5.74) is -1.19. The molecule has 32 heavy (non-hydrogen) atoms. The lowest BCUT2D eigenvalue weighted by atomic mass is 9.75. The van der Waals surface area contributed by atoms with E-state index < -0.39 is 29.7 Å². The summed E-state index contributed by atoms with van der Waals surface area (Å²) in [7, 11) is 1.29. The number of carbonyl (C=O) groups is 2. The third-order valence-electron chi connectivity index (χ3n) is 5.51. The molecular weight excluding hydrogens is 446 g/mol. The molecule has 6 nitrogen and oxygen atoms in total. The van der Waals surface area contributed by atoms with E-state index in [0.29, 0.717) is 0 Å². The Hall–Kier alpha value is -3.13. The number of halogens is 3. The van der Waals surface area contributed by atoms with Gasteiger partial charge >= 0.3 is 6.61 Å². The second-order valence-corrected chi connectivity index (χ2v) is 7.87. The lowest BCUT2D eigenvalue weighted by Gasteiger charge is -2.37. The highest BCUT2D eigenvalue weighted by molar-refractivity contribution is 6.35. The smallest absolute Gasteiger partial charge is 0.387 e. The van der Waals surface area contributed by atoms with Gasteiger partial charge in [0, 0.05) is 24.5 Å². The molecule has 0 fully saturated rings. The van der Waals surface area contributed by atoms with Gasteiger partial charge in [0.25, 0.3) is 0 Å². The van der Waals surface area contributed by atoms with E-state index >= 15 is 0 Å². The van der Waals surface area contributed by atoms with Gasteiger partial charge in [0.05, 0.1) is 7.11 Å². The van der Waals surface area contributed by atoms with E-state index in [1.165, 1.54) is 13.2 Å². The molecule has 1 spiro atoms. The van der Waals surface area contributed by atoms with Crippen molar-refractivity contribution < 1.29 is 37.3 Å². The Morgan fingerprint density at radius 3 is 2.59 bits per heavy atom. The molecule has 168 valence electrons. The van der Waals surface area contributed by atoms with Gasteiger partial charge < -0.3 is 18.9 Å². The zero-order valence-corrected chi connectivity index (χ0v) is 17.9. The number of hydrogen-bond donors (Lipinski definition) is 0. The average Bonchev–Trinajstić information content (AvgIpc) is 3.07. The maximum atomic E-state index is 13.7. The van der Waals surface area contributed by atoms with Crippen molar-refractivity contribution in [2.45, 2.75) is 32.2 Å². The summed E-state index contributed by atoms with van der Waals surface area (Å²) < 4.78 is 47.8. The predicted molar refractivity (Wildman–Crippen MR) is 110 cm³/mol. The van der Waals surface area contributed by atoms with Crippen molar-refractivity contribution in [2.24, 2.45) is 5.92 Å². The van der Waals surface area contributed by atoms with Crippen LogP contribution in [0.3, 0.4) is 0 Å². The van der Waals surface area contributed by atoms with Crippen molar-refractivity contribution in [2.75, 3.05) is 7.11 Å². The highest BCUT2D eigenvalue weighted by Gasteiger charge is 2.60. The minimum absolute atomic E-state index is 0.00110. The number of hydrogen-bond acceptors (Lipinski definition) is 6. The quantitative estimate of drug-likeness (QED) is 0.601. The van der Waals surface area contributed by atoms with Gasteiger partial charge in [-0.3, -0.25) is 9.59 Å². The SMILES string of the molecule is COc1cc(OC(F)F)c2c(c1Cl)O[C@]1(C2=O)C(OCc2ccccc2)=CC(=O)C[C@H]1C. The lowest BCUT2D eigenvalue weighted by molar-refractivity contribution is -0.118. The minimum atomic E-state index is -3.19. The maximum Gasteiger partial charge on any atom is 0.387 e. The Morgan fingerprint density at radius 1 is 1.22 bits per heavy atom. The second kappa shape index (κ2) is 8.43. The Morgan fingerprint density at radius 2 is 1.94 bits per heavy atom. The fourth-order valence-corrected chi connectivity index (χ4v) is 4.27. The third-order valence-corrected chi connectivity index (χ3v) is 5.87. The van der Waals surface area contributed by atoms with Crippen LogP contribution in [0, 0.1) is 5.92 Å². The largest absolute Gasteiger partial charge is 0.495 e. The molecule has 0 amide bonds. The molecule has 1 aliphatic carbocycles. The van der Waals surface area contributed by atoms with Crippen molar-refractivity contribution >= 4 is 23.2 Å². The summed E-state index contributed by atoms with van der Waals surface area (Å²) in [6.45, 7) is -1.47. The normalized spacial score (nSPS) is 21.9. The molecule has 9 heteroatoms. The Bertz CT molecular complexity index is 1100. The molecule has 0 bridgehead atoms. The van der Waals surface area contributed by atoms with Gasteiger partial charge in [-0.2, -0.15) is 8.78 Å². The number of ether oxygens (including phenoxy) is 4. The molecule has 0 aromatic heterocycles. The van der Waals surface area contributed by atoms with Crippen LogP contribution in [0.4, 0.5) is 8.78 Å². The standard InChI is InChI=1S/C23H19ClF2O6/c1-12-8-14(27)9-17(30-11-13-6-4-3-5-7-13)23(12)21(28)18-15(31-22(25)26)10-16(29-2)19(24)20(18)32-23/h3-7,9-10,12,22H,8,11H2,1-2H3/t12-,23+/m1/s1. The van der Waals surface area contributed by atoms with E-state index in [-0.39, 0.29) is 46.7 Å². The van der Waals surface area contributed by atoms with E-state index in [1.807, 2.05) is 30.3 Å². The summed E-state index contributed by atoms with van der Waals surface area (Å²) in [6, 6.07) is 10.2. The highest BCUT2D eigenvalue weighted by atomic mass is 35.5. The minimum Gasteiger partial charge on any atom is -0.495 e. The third kappa shape index (κ3) is 3.58. The zero-order valence-electron chi connectivity index (χ0n) is 17.2. The van der Waals surface area contributed by atoms with Gasteiger partial charge in [-0.15, -0.1) is 0 Å². The Labute approximate surface area is 187 Å². The molecule has 1 aliphatic heterocycles. The fourth-order valence-electron chi connectivity index (χ4n) is 4.00. The van der Waals surface area contributed by atoms with E-state index in [1.54, 1.807) is 6.92 Å². The Kier molecular flexibility index (Phi) is 5.81. The van der Waals surface area contributed by atoms with E-state index in [9.17, 15) is 18.4 Å². The van der Waals surface area contributed by atoms with Crippen LogP contribution in [0.1, 0.15) is 29.3 Å². The molecule has 0 unspecified atom stereocenters. The predicted octanol–water partition coefficient (Wildman–Crippen LogP) is 4.97. The number of methoxy groups -OCH3 is 1. The van der Waals surface area contributed by atoms with Gasteiger partial charge in [-0.25, -0.2) is 0 Å². The molecule has 2 atom stereocenters. The first-order valence-corrected chi connectivity index (χ1v) is 10.2. The molecule has 2 aromatic carbocycles. The van der Waals surface area contributed by atoms with Crippen LogP contribution in [-0.4, -0.2) is 30.9 Å². The monoisotopic (exact) mass is 464 g/mol. The van der Waals surface area contributed by atoms with Crippen LogP contribution in [0.25, 0.3) is 0 Å².